The van der Waals surface area contributed by atoms with Crippen LogP contribution in [0.2, 0.25) is 0 Å². The number of piperidine rings is 2. The molecule has 4 fully saturated rings. The highest BCUT2D eigenvalue weighted by molar-refractivity contribution is 4.93. The van der Waals surface area contributed by atoms with Crippen LogP contribution in [0.5, 0.6) is 0 Å². The van der Waals surface area contributed by atoms with Crippen LogP contribution in [0.25, 0.3) is 0 Å². The van der Waals surface area contributed by atoms with E-state index in [9.17, 15) is 0 Å². The minimum absolute atomic E-state index is 0. The Labute approximate surface area is 143 Å². The summed E-state index contributed by atoms with van der Waals surface area (Å²) in [6, 6.07) is 2.03. The molecule has 23 heavy (non-hydrogen) atoms. The molecule has 0 spiro atoms. The molecular formula is C20H40N2O+2. The van der Waals surface area contributed by atoms with Gasteiger partial charge in [0.15, 0.2) is 0 Å². The second kappa shape index (κ2) is 6.65. The summed E-state index contributed by atoms with van der Waals surface area (Å²) in [4.78, 5) is 0. The minimum atomic E-state index is 0. The van der Waals surface area contributed by atoms with Crippen LogP contribution in [0.1, 0.15) is 64.2 Å². The van der Waals surface area contributed by atoms with Crippen LogP contribution >= 0.6 is 0 Å². The molecule has 134 valence electrons. The minimum Gasteiger partial charge on any atom is -0.412 e. The molecule has 0 radical (unpaired) electrons. The van der Waals surface area contributed by atoms with Gasteiger partial charge in [0.2, 0.25) is 0 Å². The van der Waals surface area contributed by atoms with Crippen molar-refractivity contribution < 1.29 is 14.4 Å². The number of quaternary nitrogens is 2. The van der Waals surface area contributed by atoms with Crippen LogP contribution < -0.4 is 0 Å². The summed E-state index contributed by atoms with van der Waals surface area (Å²) < 4.78 is 2.87. The van der Waals surface area contributed by atoms with Crippen LogP contribution in [0.4, 0.5) is 0 Å². The molecule has 4 aliphatic rings. The number of likely N-dealkylation sites (tertiary alicyclic amines) is 2. The summed E-state index contributed by atoms with van der Waals surface area (Å²) in [5.41, 5.74) is 0. The Balaban J connectivity index is 0.00000156. The first-order valence-corrected chi connectivity index (χ1v) is 10.3. The predicted molar refractivity (Wildman–Crippen MR) is 96.2 cm³/mol. The van der Waals surface area contributed by atoms with Crippen molar-refractivity contribution in [1.29, 1.82) is 0 Å². The topological polar surface area (TPSA) is 31.5 Å². The van der Waals surface area contributed by atoms with Gasteiger partial charge in [-0.05, 0) is 50.4 Å². The van der Waals surface area contributed by atoms with Gasteiger partial charge in [0.05, 0.1) is 52.4 Å². The average Bonchev–Trinajstić information content (AvgIpc) is 3.08. The summed E-state index contributed by atoms with van der Waals surface area (Å²) in [6.45, 7) is 5.89. The van der Waals surface area contributed by atoms with Crippen LogP contribution in [-0.4, -0.2) is 66.8 Å². The molecule has 2 saturated heterocycles. The zero-order valence-corrected chi connectivity index (χ0v) is 15.6. The van der Waals surface area contributed by atoms with Crippen molar-refractivity contribution >= 4 is 0 Å². The predicted octanol–water partition coefficient (Wildman–Crippen LogP) is 2.98. The third-order valence-electron chi connectivity index (χ3n) is 8.40. The molecule has 2 aliphatic carbocycles. The molecule has 0 aromatic heterocycles. The van der Waals surface area contributed by atoms with Gasteiger partial charge >= 0.3 is 0 Å². The van der Waals surface area contributed by atoms with Gasteiger partial charge < -0.3 is 14.4 Å². The number of hydrogen-bond donors (Lipinski definition) is 0. The fourth-order valence-corrected chi connectivity index (χ4v) is 6.77. The Hall–Kier alpha value is -0.120. The van der Waals surface area contributed by atoms with Crippen LogP contribution in [0, 0.1) is 11.8 Å². The largest absolute Gasteiger partial charge is 0.412 e. The molecule has 0 aromatic carbocycles. The molecule has 2 N–H and O–H groups in total. The maximum atomic E-state index is 2.58. The lowest BCUT2D eigenvalue weighted by molar-refractivity contribution is -0.940. The molecule has 3 nitrogen and oxygen atoms in total. The maximum Gasteiger partial charge on any atom is 0.0893 e. The fraction of sp³-hybridized carbons (Fsp3) is 1.00. The summed E-state index contributed by atoms with van der Waals surface area (Å²) in [5, 5.41) is 0. The molecule has 0 atom stereocenters. The lowest BCUT2D eigenvalue weighted by Gasteiger charge is -2.45. The van der Waals surface area contributed by atoms with Crippen molar-refractivity contribution in [2.24, 2.45) is 11.8 Å². The Morgan fingerprint density at radius 3 is 1.13 bits per heavy atom. The first-order chi connectivity index (χ1) is 10.6. The van der Waals surface area contributed by atoms with Crippen molar-refractivity contribution in [3.05, 3.63) is 0 Å². The van der Waals surface area contributed by atoms with E-state index in [1.54, 1.807) is 25.7 Å². The van der Waals surface area contributed by atoms with Crippen LogP contribution in [0.3, 0.4) is 0 Å². The van der Waals surface area contributed by atoms with Crippen molar-refractivity contribution in [3.8, 4) is 0 Å². The van der Waals surface area contributed by atoms with Crippen molar-refractivity contribution in [1.82, 2.24) is 0 Å². The molecule has 0 aromatic rings. The van der Waals surface area contributed by atoms with E-state index < -0.39 is 0 Å². The Morgan fingerprint density at radius 2 is 0.826 bits per heavy atom. The van der Waals surface area contributed by atoms with Crippen molar-refractivity contribution in [2.75, 3.05) is 40.3 Å². The van der Waals surface area contributed by atoms with E-state index >= 15 is 0 Å². The van der Waals surface area contributed by atoms with Gasteiger partial charge in [-0.3, -0.25) is 0 Å². The lowest BCUT2D eigenvalue weighted by atomic mass is 9.98. The van der Waals surface area contributed by atoms with Gasteiger partial charge in [-0.15, -0.1) is 0 Å². The lowest BCUT2D eigenvalue weighted by Crippen LogP contribution is -2.55. The van der Waals surface area contributed by atoms with Gasteiger partial charge in [-0.25, -0.2) is 0 Å². The third-order valence-corrected chi connectivity index (χ3v) is 8.40. The monoisotopic (exact) mass is 324 g/mol. The van der Waals surface area contributed by atoms with E-state index in [2.05, 4.69) is 14.1 Å². The van der Waals surface area contributed by atoms with Crippen LogP contribution in [-0.2, 0) is 0 Å². The molecule has 3 heteroatoms. The van der Waals surface area contributed by atoms with Gasteiger partial charge in [-0.1, -0.05) is 0 Å². The maximum absolute atomic E-state index is 2.58. The molecule has 2 saturated carbocycles. The average molecular weight is 325 g/mol. The normalized spacial score (nSPS) is 42.0. The standard InChI is InChI=1S/C20H38N2.H2O/c1-21(9-5-3-6-10-21)19-13-17-15-20(16-18(17)14-19)22(2)11-7-4-8-12-22;/h17-20H,3-16H2,1-2H3;1H2/q+2;. The van der Waals surface area contributed by atoms with E-state index in [4.69, 9.17) is 0 Å². The van der Waals surface area contributed by atoms with E-state index in [0.29, 0.717) is 0 Å². The summed E-state index contributed by atoms with van der Waals surface area (Å²) >= 11 is 0. The zero-order chi connectivity index (χ0) is 15.2. The summed E-state index contributed by atoms with van der Waals surface area (Å²) in [6.07, 6.45) is 15.2. The van der Waals surface area contributed by atoms with Crippen molar-refractivity contribution in [3.63, 3.8) is 0 Å². The SMILES string of the molecule is C[N+]1(C2CC3CC([N+]4(C)CCCCC4)CC3C2)CCCCC1.O. The Kier molecular flexibility index (Phi) is 5.11. The number of rotatable bonds is 2. The van der Waals surface area contributed by atoms with Gasteiger partial charge in [0, 0.05) is 25.7 Å². The summed E-state index contributed by atoms with van der Waals surface area (Å²) in [7, 11) is 5.17. The first-order valence-electron chi connectivity index (χ1n) is 10.3. The van der Waals surface area contributed by atoms with E-state index in [-0.39, 0.29) is 5.48 Å². The Bertz CT molecular complexity index is 348. The molecule has 0 amide bonds. The quantitative estimate of drug-likeness (QED) is 0.700. The van der Waals surface area contributed by atoms with Gasteiger partial charge in [-0.2, -0.15) is 0 Å². The number of hydrogen-bond acceptors (Lipinski definition) is 0. The summed E-state index contributed by atoms with van der Waals surface area (Å²) in [5.74, 6) is 2.17. The third kappa shape index (κ3) is 3.21. The molecule has 0 unspecified atom stereocenters. The molecule has 2 heterocycles. The molecule has 0 bridgehead atoms. The van der Waals surface area contributed by atoms with Crippen molar-refractivity contribution in [2.45, 2.75) is 76.3 Å². The first kappa shape index (κ1) is 17.7. The fourth-order valence-electron chi connectivity index (χ4n) is 6.77. The molecular weight excluding hydrogens is 284 g/mol. The highest BCUT2D eigenvalue weighted by Crippen LogP contribution is 2.50. The van der Waals surface area contributed by atoms with Gasteiger partial charge in [0.25, 0.3) is 0 Å². The highest BCUT2D eigenvalue weighted by atomic mass is 16.0. The second-order valence-corrected chi connectivity index (χ2v) is 9.75. The molecule has 2 aliphatic heterocycles. The second-order valence-electron chi connectivity index (χ2n) is 9.75. The molecule has 4 rings (SSSR count). The van der Waals surface area contributed by atoms with E-state index in [0.717, 1.165) is 23.9 Å². The van der Waals surface area contributed by atoms with E-state index in [1.165, 1.54) is 73.7 Å². The van der Waals surface area contributed by atoms with Crippen LogP contribution in [0.15, 0.2) is 0 Å². The zero-order valence-electron chi connectivity index (χ0n) is 15.6. The Morgan fingerprint density at radius 1 is 0.522 bits per heavy atom. The smallest absolute Gasteiger partial charge is 0.0893 e. The number of fused-ring (bicyclic) bond motifs is 1. The van der Waals surface area contributed by atoms with E-state index in [1.807, 2.05) is 0 Å². The number of nitrogens with zero attached hydrogens (tertiary/aromatic N) is 2. The highest BCUT2D eigenvalue weighted by Gasteiger charge is 2.52. The van der Waals surface area contributed by atoms with Gasteiger partial charge in [0.1, 0.15) is 0 Å².